The van der Waals surface area contributed by atoms with Crippen LogP contribution in [-0.2, 0) is 12.7 Å². The minimum Gasteiger partial charge on any atom is -0.261 e. The Morgan fingerprint density at radius 3 is 2.67 bits per heavy atom. The second-order valence-corrected chi connectivity index (χ2v) is 4.14. The number of rotatable bonds is 3. The highest BCUT2D eigenvalue weighted by atomic mass is 19.4. The average Bonchev–Trinajstić information content (AvgIpc) is 2.86. The van der Waals surface area contributed by atoms with Gasteiger partial charge in [0.1, 0.15) is 12.4 Å². The Bertz CT molecular complexity index is 731. The Kier molecular flexibility index (Phi) is 3.62. The number of hydrogen-bond donors (Lipinski definition) is 0. The van der Waals surface area contributed by atoms with Crippen LogP contribution >= 0.6 is 0 Å². The zero-order valence-electron chi connectivity index (χ0n) is 10.3. The van der Waals surface area contributed by atoms with Crippen molar-refractivity contribution in [1.29, 1.82) is 5.26 Å². The molecule has 0 fully saturated rings. The maximum atomic E-state index is 12.8. The van der Waals surface area contributed by atoms with E-state index in [1.54, 1.807) is 0 Å². The van der Waals surface area contributed by atoms with Crippen LogP contribution in [0.5, 0.6) is 0 Å². The summed E-state index contributed by atoms with van der Waals surface area (Å²) in [6.45, 7) is -0.0668. The lowest BCUT2D eigenvalue weighted by Gasteiger charge is -2.10. The van der Waals surface area contributed by atoms with Crippen molar-refractivity contribution in [2.24, 2.45) is 0 Å². The van der Waals surface area contributed by atoms with Crippen LogP contribution < -0.4 is 0 Å². The summed E-state index contributed by atoms with van der Waals surface area (Å²) in [7, 11) is 0. The summed E-state index contributed by atoms with van der Waals surface area (Å²) in [4.78, 5) is 9.85. The van der Waals surface area contributed by atoms with Gasteiger partial charge in [0.2, 0.25) is 0 Å². The molecule has 1 heterocycles. The Labute approximate surface area is 116 Å². The van der Waals surface area contributed by atoms with Crippen molar-refractivity contribution in [3.05, 3.63) is 57.4 Å². The summed E-state index contributed by atoms with van der Waals surface area (Å²) >= 11 is 0. The molecule has 0 bridgehead atoms. The Hall–Kier alpha value is -2.89. The highest BCUT2D eigenvalue weighted by Crippen LogP contribution is 2.32. The summed E-state index contributed by atoms with van der Waals surface area (Å²) in [5, 5.41) is 22.9. The number of aromatic nitrogens is 2. The molecular weight excluding hydrogens is 289 g/mol. The highest BCUT2D eigenvalue weighted by molar-refractivity contribution is 5.42. The topological polar surface area (TPSA) is 84.8 Å². The number of hydrogen-bond acceptors (Lipinski definition) is 4. The molecule has 21 heavy (non-hydrogen) atoms. The fraction of sp³-hybridized carbons (Fsp3) is 0.167. The molecule has 0 atom stereocenters. The number of nitrogens with zero attached hydrogens (tertiary/aromatic N) is 4. The third-order valence-electron chi connectivity index (χ3n) is 2.68. The first-order chi connectivity index (χ1) is 9.81. The second kappa shape index (κ2) is 5.24. The van der Waals surface area contributed by atoms with E-state index in [0.29, 0.717) is 0 Å². The molecule has 1 aromatic carbocycles. The monoisotopic (exact) mass is 296 g/mol. The molecule has 1 aromatic heterocycles. The fourth-order valence-electron chi connectivity index (χ4n) is 1.74. The van der Waals surface area contributed by atoms with E-state index in [4.69, 9.17) is 5.26 Å². The summed E-state index contributed by atoms with van der Waals surface area (Å²) in [6.07, 6.45) is -2.52. The quantitative estimate of drug-likeness (QED) is 0.644. The number of alkyl halides is 3. The van der Waals surface area contributed by atoms with E-state index in [1.807, 2.05) is 0 Å². The van der Waals surface area contributed by atoms with E-state index in [2.05, 4.69) is 5.10 Å². The van der Waals surface area contributed by atoms with Gasteiger partial charge < -0.3 is 0 Å². The number of halogens is 3. The molecule has 2 aromatic rings. The van der Waals surface area contributed by atoms with Crippen molar-refractivity contribution in [2.75, 3.05) is 0 Å². The number of benzene rings is 1. The third-order valence-corrected chi connectivity index (χ3v) is 2.68. The Morgan fingerprint density at radius 1 is 1.43 bits per heavy atom. The molecule has 108 valence electrons. The van der Waals surface area contributed by atoms with Crippen molar-refractivity contribution in [2.45, 2.75) is 12.7 Å². The molecule has 9 heteroatoms. The summed E-state index contributed by atoms with van der Waals surface area (Å²) in [5.74, 6) is 0. The van der Waals surface area contributed by atoms with Crippen molar-refractivity contribution in [1.82, 2.24) is 9.78 Å². The van der Waals surface area contributed by atoms with E-state index < -0.39 is 22.2 Å². The first kappa shape index (κ1) is 14.5. The van der Waals surface area contributed by atoms with Gasteiger partial charge in [-0.05, 0) is 17.7 Å². The van der Waals surface area contributed by atoms with Crippen LogP contribution in [0, 0.1) is 21.4 Å². The number of nitro groups is 1. The first-order valence-electron chi connectivity index (χ1n) is 5.58. The Morgan fingerprint density at radius 2 is 2.14 bits per heavy atom. The van der Waals surface area contributed by atoms with E-state index in [0.717, 1.165) is 29.2 Å². The van der Waals surface area contributed by atoms with Crippen LogP contribution in [0.4, 0.5) is 18.9 Å². The van der Waals surface area contributed by atoms with Crippen molar-refractivity contribution >= 4 is 5.69 Å². The molecule has 0 aliphatic rings. The molecule has 0 saturated carbocycles. The van der Waals surface area contributed by atoms with Gasteiger partial charge in [0.05, 0.1) is 28.7 Å². The third kappa shape index (κ3) is 3.17. The summed E-state index contributed by atoms with van der Waals surface area (Å²) < 4.78 is 39.6. The number of nitriles is 1. The summed E-state index contributed by atoms with van der Waals surface area (Å²) in [6, 6.07) is 4.73. The molecule has 2 rings (SSSR count). The van der Waals surface area contributed by atoms with Crippen LogP contribution in [0.25, 0.3) is 0 Å². The smallest absolute Gasteiger partial charge is 0.261 e. The maximum absolute atomic E-state index is 12.8. The molecule has 0 N–H and O–H groups in total. The predicted molar refractivity (Wildman–Crippen MR) is 64.1 cm³/mol. The molecule has 0 unspecified atom stereocenters. The van der Waals surface area contributed by atoms with Crippen molar-refractivity contribution < 1.29 is 18.1 Å². The normalized spacial score (nSPS) is 11.1. The molecule has 0 radical (unpaired) electrons. The van der Waals surface area contributed by atoms with E-state index in [-0.39, 0.29) is 17.8 Å². The lowest BCUT2D eigenvalue weighted by Crippen LogP contribution is -2.10. The highest BCUT2D eigenvalue weighted by Gasteiger charge is 2.33. The molecule has 0 aliphatic carbocycles. The summed E-state index contributed by atoms with van der Waals surface area (Å²) in [5.41, 5.74) is -1.53. The minimum atomic E-state index is -4.64. The fourth-order valence-corrected chi connectivity index (χ4v) is 1.74. The van der Waals surface area contributed by atoms with Gasteiger partial charge in [-0.3, -0.25) is 14.8 Å². The van der Waals surface area contributed by atoms with Crippen LogP contribution in [0.15, 0.2) is 30.6 Å². The predicted octanol–water partition coefficient (Wildman–Crippen LogP) is 2.73. The molecule has 0 spiro atoms. The van der Waals surface area contributed by atoms with Gasteiger partial charge in [-0.2, -0.15) is 23.5 Å². The van der Waals surface area contributed by atoms with Crippen LogP contribution in [-0.4, -0.2) is 14.7 Å². The molecule has 6 nitrogen and oxygen atoms in total. The minimum absolute atomic E-state index is 0.0668. The molecule has 0 amide bonds. The van der Waals surface area contributed by atoms with Gasteiger partial charge in [-0.1, -0.05) is 6.07 Å². The van der Waals surface area contributed by atoms with E-state index >= 15 is 0 Å². The zero-order chi connectivity index (χ0) is 15.6. The lowest BCUT2D eigenvalue weighted by atomic mass is 10.0. The average molecular weight is 296 g/mol. The van der Waals surface area contributed by atoms with E-state index in [1.165, 1.54) is 12.1 Å². The maximum Gasteiger partial charge on any atom is 0.417 e. The largest absolute Gasteiger partial charge is 0.417 e. The van der Waals surface area contributed by atoms with Crippen molar-refractivity contribution in [3.8, 4) is 6.07 Å². The zero-order valence-corrected chi connectivity index (χ0v) is 10.3. The SMILES string of the molecule is N#Cc1ccc(Cn2cc([N+](=O)[O-])cn2)cc1C(F)(F)F. The van der Waals surface area contributed by atoms with Gasteiger partial charge in [-0.15, -0.1) is 0 Å². The molecular formula is C12H7F3N4O2. The standard InChI is InChI=1S/C12H7F3N4O2/c13-12(14,15)11-3-8(1-2-9(11)4-16)6-18-7-10(5-17-18)19(20)21/h1-3,5,7H,6H2. The second-order valence-electron chi connectivity index (χ2n) is 4.14. The Balaban J connectivity index is 2.33. The van der Waals surface area contributed by atoms with Gasteiger partial charge >= 0.3 is 11.9 Å². The van der Waals surface area contributed by atoms with Gasteiger partial charge in [0, 0.05) is 0 Å². The molecule has 0 saturated heterocycles. The van der Waals surface area contributed by atoms with Crippen LogP contribution in [0.1, 0.15) is 16.7 Å². The van der Waals surface area contributed by atoms with Gasteiger partial charge in [0.25, 0.3) is 0 Å². The first-order valence-corrected chi connectivity index (χ1v) is 5.58. The molecule has 0 aliphatic heterocycles. The van der Waals surface area contributed by atoms with Crippen molar-refractivity contribution in [3.63, 3.8) is 0 Å². The van der Waals surface area contributed by atoms with Crippen LogP contribution in [0.3, 0.4) is 0 Å². The van der Waals surface area contributed by atoms with E-state index in [9.17, 15) is 23.3 Å². The van der Waals surface area contributed by atoms with Gasteiger partial charge in [0.15, 0.2) is 0 Å². The lowest BCUT2D eigenvalue weighted by molar-refractivity contribution is -0.385. The van der Waals surface area contributed by atoms with Gasteiger partial charge in [-0.25, -0.2) is 0 Å². The van der Waals surface area contributed by atoms with Crippen LogP contribution in [0.2, 0.25) is 0 Å².